The minimum atomic E-state index is -0.823. The minimum Gasteiger partial charge on any atom is -0.429 e. The Balaban J connectivity index is 2.66. The van der Waals surface area contributed by atoms with Gasteiger partial charge < -0.3 is 9.47 Å². The fourth-order valence-electron chi connectivity index (χ4n) is 1.36. The monoisotopic (exact) mass is 230 g/mol. The first kappa shape index (κ1) is 12.6. The van der Waals surface area contributed by atoms with Gasteiger partial charge in [-0.3, -0.25) is 0 Å². The number of ether oxygens (including phenoxy) is 2. The molecule has 1 fully saturated rings. The zero-order chi connectivity index (χ0) is 11.3. The first-order chi connectivity index (χ1) is 7.08. The molecule has 0 saturated carbocycles. The van der Waals surface area contributed by atoms with E-state index < -0.39 is 11.8 Å². The Morgan fingerprint density at radius 1 is 1.67 bits per heavy atom. The van der Waals surface area contributed by atoms with E-state index in [-0.39, 0.29) is 5.25 Å². The van der Waals surface area contributed by atoms with E-state index in [1.54, 1.807) is 11.8 Å². The molecule has 2 unspecified atom stereocenters. The lowest BCUT2D eigenvalue weighted by Gasteiger charge is -2.35. The molecule has 3 nitrogen and oxygen atoms in total. The van der Waals surface area contributed by atoms with E-state index in [0.717, 1.165) is 18.6 Å². The van der Waals surface area contributed by atoms with E-state index in [1.807, 2.05) is 13.8 Å². The summed E-state index contributed by atoms with van der Waals surface area (Å²) in [4.78, 5) is 11.2. The molecule has 1 aliphatic rings. The van der Waals surface area contributed by atoms with Gasteiger partial charge in [0.15, 0.2) is 0 Å². The van der Waals surface area contributed by atoms with Crippen molar-refractivity contribution < 1.29 is 14.3 Å². The van der Waals surface area contributed by atoms with Crippen LogP contribution in [0.3, 0.4) is 0 Å². The zero-order valence-electron chi connectivity index (χ0n) is 9.32. The van der Waals surface area contributed by atoms with Crippen LogP contribution in [0.4, 0.5) is 0 Å². The molecule has 0 aromatic rings. The Kier molecular flexibility index (Phi) is 4.67. The van der Waals surface area contributed by atoms with Gasteiger partial charge in [0.1, 0.15) is 0 Å². The summed E-state index contributed by atoms with van der Waals surface area (Å²) in [5.41, 5.74) is 0. The number of esters is 1. The molecule has 4 heteroatoms. The third kappa shape index (κ3) is 3.54. The average Bonchev–Trinajstić information content (AvgIpc) is 2.20. The molecule has 0 amide bonds. The highest BCUT2D eigenvalue weighted by Gasteiger charge is 2.36. The van der Waals surface area contributed by atoms with Crippen molar-refractivity contribution in [1.29, 1.82) is 0 Å². The molecular weight excluding hydrogens is 212 g/mol. The Morgan fingerprint density at radius 2 is 2.40 bits per heavy atom. The molecule has 1 aliphatic heterocycles. The quantitative estimate of drug-likeness (QED) is 0.539. The molecule has 0 spiro atoms. The SMILES string of the molecule is C=CC(=O)OC1(C)OCCCCSC1C. The van der Waals surface area contributed by atoms with Crippen LogP contribution >= 0.6 is 11.8 Å². The summed E-state index contributed by atoms with van der Waals surface area (Å²) in [6.07, 6.45) is 3.34. The highest BCUT2D eigenvalue weighted by Crippen LogP contribution is 2.31. The second-order valence-electron chi connectivity index (χ2n) is 3.71. The van der Waals surface area contributed by atoms with Gasteiger partial charge in [-0.05, 0) is 25.5 Å². The van der Waals surface area contributed by atoms with Crippen molar-refractivity contribution in [3.63, 3.8) is 0 Å². The molecule has 1 heterocycles. The first-order valence-electron chi connectivity index (χ1n) is 5.19. The maximum Gasteiger partial charge on any atom is 0.332 e. The third-order valence-electron chi connectivity index (χ3n) is 2.50. The summed E-state index contributed by atoms with van der Waals surface area (Å²) in [6, 6.07) is 0. The summed E-state index contributed by atoms with van der Waals surface area (Å²) in [5, 5.41) is 0.140. The van der Waals surface area contributed by atoms with Crippen LogP contribution in [0.5, 0.6) is 0 Å². The van der Waals surface area contributed by atoms with E-state index in [1.165, 1.54) is 6.08 Å². The van der Waals surface area contributed by atoms with Gasteiger partial charge in [-0.1, -0.05) is 6.58 Å². The molecule has 0 bridgehead atoms. The van der Waals surface area contributed by atoms with Crippen LogP contribution in [0.1, 0.15) is 26.7 Å². The smallest absolute Gasteiger partial charge is 0.332 e. The minimum absolute atomic E-state index is 0.140. The summed E-state index contributed by atoms with van der Waals surface area (Å²) in [6.45, 7) is 7.87. The van der Waals surface area contributed by atoms with Crippen molar-refractivity contribution in [1.82, 2.24) is 0 Å². The number of carbonyl (C=O) groups is 1. The van der Waals surface area contributed by atoms with Crippen molar-refractivity contribution in [3.05, 3.63) is 12.7 Å². The van der Waals surface area contributed by atoms with Crippen LogP contribution in [-0.4, -0.2) is 29.4 Å². The number of hydrogen-bond acceptors (Lipinski definition) is 4. The van der Waals surface area contributed by atoms with Crippen molar-refractivity contribution in [2.45, 2.75) is 37.7 Å². The van der Waals surface area contributed by atoms with Crippen LogP contribution < -0.4 is 0 Å². The van der Waals surface area contributed by atoms with Gasteiger partial charge >= 0.3 is 5.97 Å². The lowest BCUT2D eigenvalue weighted by Crippen LogP contribution is -2.44. The zero-order valence-corrected chi connectivity index (χ0v) is 10.1. The molecule has 86 valence electrons. The summed E-state index contributed by atoms with van der Waals surface area (Å²) in [7, 11) is 0. The van der Waals surface area contributed by atoms with Gasteiger partial charge in [0.05, 0.1) is 11.9 Å². The maximum absolute atomic E-state index is 11.2. The highest BCUT2D eigenvalue weighted by molar-refractivity contribution is 7.99. The van der Waals surface area contributed by atoms with Crippen LogP contribution in [0.25, 0.3) is 0 Å². The van der Waals surface area contributed by atoms with Crippen LogP contribution in [0, 0.1) is 0 Å². The number of thioether (sulfide) groups is 1. The molecule has 0 radical (unpaired) electrons. The Bertz CT molecular complexity index is 242. The molecule has 0 N–H and O–H groups in total. The standard InChI is InChI=1S/C11H18O3S/c1-4-10(12)14-11(3)9(2)15-8-6-5-7-13-11/h4,9H,1,5-8H2,2-3H3. The Labute approximate surface area is 95.2 Å². The molecule has 0 aromatic carbocycles. The molecular formula is C11H18O3S. The largest absolute Gasteiger partial charge is 0.429 e. The van der Waals surface area contributed by atoms with E-state index in [9.17, 15) is 4.79 Å². The molecule has 2 atom stereocenters. The highest BCUT2D eigenvalue weighted by atomic mass is 32.2. The van der Waals surface area contributed by atoms with Gasteiger partial charge in [-0.15, -0.1) is 0 Å². The fraction of sp³-hybridized carbons (Fsp3) is 0.727. The van der Waals surface area contributed by atoms with E-state index in [4.69, 9.17) is 9.47 Å². The number of rotatable bonds is 2. The molecule has 0 aliphatic carbocycles. The van der Waals surface area contributed by atoms with Crippen molar-refractivity contribution in [2.75, 3.05) is 12.4 Å². The van der Waals surface area contributed by atoms with Gasteiger partial charge in [-0.2, -0.15) is 11.8 Å². The normalized spacial score (nSPS) is 32.5. The lowest BCUT2D eigenvalue weighted by atomic mass is 10.2. The maximum atomic E-state index is 11.2. The van der Waals surface area contributed by atoms with E-state index in [2.05, 4.69) is 6.58 Å². The molecule has 1 saturated heterocycles. The second-order valence-corrected chi connectivity index (χ2v) is 5.16. The first-order valence-corrected chi connectivity index (χ1v) is 6.24. The van der Waals surface area contributed by atoms with Crippen LogP contribution in [0.2, 0.25) is 0 Å². The number of hydrogen-bond donors (Lipinski definition) is 0. The van der Waals surface area contributed by atoms with Crippen molar-refractivity contribution in [3.8, 4) is 0 Å². The van der Waals surface area contributed by atoms with Crippen LogP contribution in [-0.2, 0) is 14.3 Å². The van der Waals surface area contributed by atoms with Crippen molar-refractivity contribution in [2.24, 2.45) is 0 Å². The van der Waals surface area contributed by atoms with Gasteiger partial charge in [0.2, 0.25) is 5.79 Å². The topological polar surface area (TPSA) is 35.5 Å². The average molecular weight is 230 g/mol. The second kappa shape index (κ2) is 5.56. The van der Waals surface area contributed by atoms with E-state index in [0.29, 0.717) is 6.61 Å². The lowest BCUT2D eigenvalue weighted by molar-refractivity contribution is -0.218. The molecule has 1 rings (SSSR count). The van der Waals surface area contributed by atoms with Crippen LogP contribution in [0.15, 0.2) is 12.7 Å². The predicted molar refractivity (Wildman–Crippen MR) is 61.8 cm³/mol. The predicted octanol–water partition coefficient (Wildman–Crippen LogP) is 2.36. The molecule has 0 aromatic heterocycles. The fourth-order valence-corrected chi connectivity index (χ4v) is 2.50. The summed E-state index contributed by atoms with van der Waals surface area (Å²) >= 11 is 1.78. The van der Waals surface area contributed by atoms with Gasteiger partial charge in [-0.25, -0.2) is 4.79 Å². The van der Waals surface area contributed by atoms with Gasteiger partial charge in [0, 0.05) is 13.0 Å². The third-order valence-corrected chi connectivity index (χ3v) is 3.96. The Hall–Kier alpha value is -0.480. The van der Waals surface area contributed by atoms with E-state index >= 15 is 0 Å². The summed E-state index contributed by atoms with van der Waals surface area (Å²) in [5.74, 6) is -0.159. The number of carbonyl (C=O) groups excluding carboxylic acids is 1. The van der Waals surface area contributed by atoms with Gasteiger partial charge in [0.25, 0.3) is 0 Å². The summed E-state index contributed by atoms with van der Waals surface area (Å²) < 4.78 is 10.9. The van der Waals surface area contributed by atoms with Crippen molar-refractivity contribution >= 4 is 17.7 Å². The molecule has 15 heavy (non-hydrogen) atoms. The Morgan fingerprint density at radius 3 is 3.07 bits per heavy atom.